The Morgan fingerprint density at radius 1 is 1.12 bits per heavy atom. The van der Waals surface area contributed by atoms with Gasteiger partial charge in [0.25, 0.3) is 0 Å². The van der Waals surface area contributed by atoms with Gasteiger partial charge in [0.15, 0.2) is 0 Å². The molecule has 0 saturated carbocycles. The molecule has 0 aliphatic carbocycles. The van der Waals surface area contributed by atoms with E-state index >= 15 is 0 Å². The molecule has 0 radical (unpaired) electrons. The topological polar surface area (TPSA) is 79.8 Å². The summed E-state index contributed by atoms with van der Waals surface area (Å²) >= 11 is 0. The van der Waals surface area contributed by atoms with Gasteiger partial charge in [-0.3, -0.25) is 9.59 Å². The van der Waals surface area contributed by atoms with Crippen LogP contribution in [0.2, 0.25) is 0 Å². The average Bonchev–Trinajstić information content (AvgIpc) is 2.58. The second kappa shape index (κ2) is 8.42. The monoisotopic (exact) mass is 329 g/mol. The predicted octanol–water partition coefficient (Wildman–Crippen LogP) is 2.31. The van der Waals surface area contributed by atoms with E-state index in [1.165, 1.54) is 30.5 Å². The highest BCUT2D eigenvalue weighted by atomic mass is 19.1. The van der Waals surface area contributed by atoms with Gasteiger partial charge >= 0.3 is 11.8 Å². The number of para-hydroxylation sites is 2. The molecule has 0 aliphatic heterocycles. The molecule has 0 fully saturated rings. The zero-order chi connectivity index (χ0) is 17.4. The standard InChI is InChI=1S/C17H16FN3O3/c1-2-24-15-6-4-3-5-14(15)20-16(22)17(23)21-19-11-12-7-9-13(18)10-8-12/h3-11H,2H2,1H3,(H,20,22)(H,21,23)/b19-11+. The van der Waals surface area contributed by atoms with Crippen molar-refractivity contribution in [1.82, 2.24) is 5.43 Å². The van der Waals surface area contributed by atoms with E-state index in [0.717, 1.165) is 0 Å². The molecule has 124 valence electrons. The van der Waals surface area contributed by atoms with Gasteiger partial charge in [-0.1, -0.05) is 24.3 Å². The van der Waals surface area contributed by atoms with Crippen LogP contribution in [0.3, 0.4) is 0 Å². The van der Waals surface area contributed by atoms with Crippen LogP contribution in [0.15, 0.2) is 53.6 Å². The Morgan fingerprint density at radius 3 is 2.54 bits per heavy atom. The number of rotatable bonds is 5. The van der Waals surface area contributed by atoms with E-state index < -0.39 is 11.8 Å². The first-order valence-corrected chi connectivity index (χ1v) is 7.22. The van der Waals surface area contributed by atoms with E-state index in [2.05, 4.69) is 15.8 Å². The number of amides is 2. The lowest BCUT2D eigenvalue weighted by molar-refractivity contribution is -0.136. The Kier molecular flexibility index (Phi) is 6.01. The molecule has 2 N–H and O–H groups in total. The largest absolute Gasteiger partial charge is 0.492 e. The normalized spacial score (nSPS) is 10.4. The summed E-state index contributed by atoms with van der Waals surface area (Å²) < 4.78 is 18.1. The molecule has 2 rings (SSSR count). The van der Waals surface area contributed by atoms with Crippen molar-refractivity contribution in [3.63, 3.8) is 0 Å². The van der Waals surface area contributed by atoms with Crippen molar-refractivity contribution in [3.8, 4) is 5.75 Å². The molecule has 0 saturated heterocycles. The number of hydrogen-bond donors (Lipinski definition) is 2. The van der Waals surface area contributed by atoms with E-state index in [-0.39, 0.29) is 5.82 Å². The van der Waals surface area contributed by atoms with Crippen molar-refractivity contribution in [2.75, 3.05) is 11.9 Å². The lowest BCUT2D eigenvalue weighted by atomic mass is 10.2. The first-order chi connectivity index (χ1) is 11.6. The van der Waals surface area contributed by atoms with Crippen LogP contribution in [0, 0.1) is 5.82 Å². The minimum Gasteiger partial charge on any atom is -0.492 e. The summed E-state index contributed by atoms with van der Waals surface area (Å²) in [4.78, 5) is 23.6. The van der Waals surface area contributed by atoms with E-state index in [1.807, 2.05) is 6.92 Å². The SMILES string of the molecule is CCOc1ccccc1NC(=O)C(=O)N/N=C/c1ccc(F)cc1. The molecule has 0 atom stereocenters. The molecule has 2 aromatic carbocycles. The van der Waals surface area contributed by atoms with Gasteiger partial charge in [-0.05, 0) is 36.8 Å². The first-order valence-electron chi connectivity index (χ1n) is 7.22. The summed E-state index contributed by atoms with van der Waals surface area (Å²) in [5, 5.41) is 6.11. The molecular weight excluding hydrogens is 313 g/mol. The fraction of sp³-hybridized carbons (Fsp3) is 0.118. The van der Waals surface area contributed by atoms with Crippen LogP contribution < -0.4 is 15.5 Å². The lowest BCUT2D eigenvalue weighted by Gasteiger charge is -2.10. The molecule has 0 spiro atoms. The summed E-state index contributed by atoms with van der Waals surface area (Å²) in [5.41, 5.74) is 3.07. The van der Waals surface area contributed by atoms with Gasteiger partial charge in [-0.2, -0.15) is 5.10 Å². The zero-order valence-electron chi connectivity index (χ0n) is 13.0. The third-order valence-electron chi connectivity index (χ3n) is 2.89. The molecule has 0 aliphatic rings. The maximum Gasteiger partial charge on any atom is 0.329 e. The number of nitrogens with one attached hydrogen (secondary N) is 2. The third-order valence-corrected chi connectivity index (χ3v) is 2.89. The molecular formula is C17H16FN3O3. The van der Waals surface area contributed by atoms with Crippen LogP contribution in [0.5, 0.6) is 5.75 Å². The summed E-state index contributed by atoms with van der Waals surface area (Å²) in [6.45, 7) is 2.25. The van der Waals surface area contributed by atoms with Crippen molar-refractivity contribution >= 4 is 23.7 Å². The third kappa shape index (κ3) is 4.91. The van der Waals surface area contributed by atoms with Crippen LogP contribution in [0.25, 0.3) is 0 Å². The maximum atomic E-state index is 12.8. The molecule has 0 aromatic heterocycles. The number of carbonyl (C=O) groups excluding carboxylic acids is 2. The maximum absolute atomic E-state index is 12.8. The van der Waals surface area contributed by atoms with Crippen molar-refractivity contribution in [3.05, 3.63) is 59.9 Å². The number of nitrogens with zero attached hydrogens (tertiary/aromatic N) is 1. The second-order valence-corrected chi connectivity index (χ2v) is 4.63. The van der Waals surface area contributed by atoms with Crippen LogP contribution in [0.4, 0.5) is 10.1 Å². The van der Waals surface area contributed by atoms with Crippen LogP contribution >= 0.6 is 0 Å². The van der Waals surface area contributed by atoms with Gasteiger partial charge < -0.3 is 10.1 Å². The Labute approximate surface area is 138 Å². The Bertz CT molecular complexity index is 745. The highest BCUT2D eigenvalue weighted by Gasteiger charge is 2.15. The average molecular weight is 329 g/mol. The van der Waals surface area contributed by atoms with Crippen LogP contribution in [0.1, 0.15) is 12.5 Å². The minimum absolute atomic E-state index is 0.372. The fourth-order valence-corrected chi connectivity index (χ4v) is 1.80. The van der Waals surface area contributed by atoms with E-state index in [0.29, 0.717) is 23.6 Å². The Hall–Kier alpha value is -3.22. The summed E-state index contributed by atoms with van der Waals surface area (Å²) in [6, 6.07) is 12.3. The number of benzene rings is 2. The quantitative estimate of drug-likeness (QED) is 0.502. The molecule has 2 amide bonds. The van der Waals surface area contributed by atoms with E-state index in [4.69, 9.17) is 4.74 Å². The van der Waals surface area contributed by atoms with E-state index in [1.54, 1.807) is 24.3 Å². The molecule has 0 bridgehead atoms. The molecule has 0 heterocycles. The molecule has 0 unspecified atom stereocenters. The van der Waals surface area contributed by atoms with Crippen molar-refractivity contribution in [2.45, 2.75) is 6.92 Å². The second-order valence-electron chi connectivity index (χ2n) is 4.63. The highest BCUT2D eigenvalue weighted by molar-refractivity contribution is 6.39. The predicted molar refractivity (Wildman–Crippen MR) is 88.4 cm³/mol. The summed E-state index contributed by atoms with van der Waals surface area (Å²) in [6.07, 6.45) is 1.30. The van der Waals surface area contributed by atoms with Crippen molar-refractivity contribution in [2.24, 2.45) is 5.10 Å². The number of hydrogen-bond acceptors (Lipinski definition) is 4. The number of ether oxygens (including phenoxy) is 1. The zero-order valence-corrected chi connectivity index (χ0v) is 13.0. The van der Waals surface area contributed by atoms with Gasteiger partial charge in [-0.15, -0.1) is 0 Å². The Balaban J connectivity index is 1.93. The molecule has 6 nitrogen and oxygen atoms in total. The molecule has 2 aromatic rings. The lowest BCUT2D eigenvalue weighted by Crippen LogP contribution is -2.32. The van der Waals surface area contributed by atoms with Gasteiger partial charge in [0.1, 0.15) is 11.6 Å². The van der Waals surface area contributed by atoms with Gasteiger partial charge in [0.05, 0.1) is 18.5 Å². The highest BCUT2D eigenvalue weighted by Crippen LogP contribution is 2.23. The molecule has 24 heavy (non-hydrogen) atoms. The van der Waals surface area contributed by atoms with Crippen molar-refractivity contribution < 1.29 is 18.7 Å². The fourth-order valence-electron chi connectivity index (χ4n) is 1.80. The van der Waals surface area contributed by atoms with E-state index in [9.17, 15) is 14.0 Å². The van der Waals surface area contributed by atoms with Crippen molar-refractivity contribution in [1.29, 1.82) is 0 Å². The first kappa shape index (κ1) is 17.1. The smallest absolute Gasteiger partial charge is 0.329 e. The Morgan fingerprint density at radius 2 is 1.83 bits per heavy atom. The minimum atomic E-state index is -0.931. The van der Waals surface area contributed by atoms with Crippen LogP contribution in [-0.4, -0.2) is 24.6 Å². The molecule has 7 heteroatoms. The number of halogens is 1. The summed E-state index contributed by atoms with van der Waals surface area (Å²) in [5.74, 6) is -1.71. The number of hydrazone groups is 1. The van der Waals surface area contributed by atoms with Crippen LogP contribution in [-0.2, 0) is 9.59 Å². The van der Waals surface area contributed by atoms with Gasteiger partial charge in [-0.25, -0.2) is 9.82 Å². The number of anilines is 1. The summed E-state index contributed by atoms with van der Waals surface area (Å²) in [7, 11) is 0. The van der Waals surface area contributed by atoms with Gasteiger partial charge in [0.2, 0.25) is 0 Å². The van der Waals surface area contributed by atoms with Gasteiger partial charge in [0, 0.05) is 0 Å². The number of carbonyl (C=O) groups is 2.